The van der Waals surface area contributed by atoms with Gasteiger partial charge in [0.15, 0.2) is 11.6 Å². The molecule has 0 aliphatic rings. The number of para-hydroxylation sites is 1. The molecular weight excluding hydrogens is 404 g/mol. The first kappa shape index (κ1) is 21.2. The summed E-state index contributed by atoms with van der Waals surface area (Å²) in [6.45, 7) is 7.85. The number of hydrogen-bond donors (Lipinski definition) is 1. The number of nitrogens with one attached hydrogen (secondary N) is 1. The number of aryl methyl sites for hydroxylation is 3. The molecule has 0 fully saturated rings. The van der Waals surface area contributed by atoms with Crippen LogP contribution >= 0.6 is 0 Å². The minimum atomic E-state index is -0.563. The molecule has 4 rings (SSSR count). The number of ether oxygens (including phenoxy) is 1. The molecule has 32 heavy (non-hydrogen) atoms. The average Bonchev–Trinajstić information content (AvgIpc) is 3.19. The highest BCUT2D eigenvalue weighted by Crippen LogP contribution is 2.25. The fraction of sp³-hybridized carbons (Fsp3) is 0.200. The van der Waals surface area contributed by atoms with Crippen LogP contribution in [0.3, 0.4) is 0 Å². The summed E-state index contributed by atoms with van der Waals surface area (Å²) < 4.78 is 6.63. The number of carbonyl (C=O) groups excluding carboxylic acids is 2. The lowest BCUT2D eigenvalue weighted by Crippen LogP contribution is -2.18. The van der Waals surface area contributed by atoms with Gasteiger partial charge < -0.3 is 10.1 Å². The fourth-order valence-corrected chi connectivity index (χ4v) is 3.50. The van der Waals surface area contributed by atoms with E-state index in [1.54, 1.807) is 13.0 Å². The molecule has 2 aromatic heterocycles. The summed E-state index contributed by atoms with van der Waals surface area (Å²) in [5, 5.41) is 8.23. The minimum absolute atomic E-state index is 0.164. The van der Waals surface area contributed by atoms with Crippen LogP contribution in [0.1, 0.15) is 44.3 Å². The highest BCUT2D eigenvalue weighted by atomic mass is 16.5. The van der Waals surface area contributed by atoms with Crippen molar-refractivity contribution in [2.24, 2.45) is 0 Å². The van der Waals surface area contributed by atoms with Crippen molar-refractivity contribution in [2.75, 3.05) is 11.9 Å². The zero-order chi connectivity index (χ0) is 22.8. The molecule has 0 aliphatic heterocycles. The van der Waals surface area contributed by atoms with Gasteiger partial charge in [-0.2, -0.15) is 9.78 Å². The Morgan fingerprint density at radius 3 is 2.53 bits per heavy atom. The third-order valence-electron chi connectivity index (χ3n) is 5.39. The number of pyridine rings is 1. The molecule has 0 saturated carbocycles. The van der Waals surface area contributed by atoms with E-state index in [1.807, 2.05) is 63.2 Å². The van der Waals surface area contributed by atoms with Gasteiger partial charge in [0.2, 0.25) is 0 Å². The van der Waals surface area contributed by atoms with E-state index in [2.05, 4.69) is 15.4 Å². The van der Waals surface area contributed by atoms with E-state index in [9.17, 15) is 9.59 Å². The van der Waals surface area contributed by atoms with E-state index in [0.29, 0.717) is 11.4 Å². The normalized spacial score (nSPS) is 10.9. The number of esters is 1. The molecule has 2 heterocycles. The van der Waals surface area contributed by atoms with Crippen LogP contribution in [0.15, 0.2) is 54.7 Å². The van der Waals surface area contributed by atoms with Crippen LogP contribution < -0.4 is 5.32 Å². The smallest absolute Gasteiger partial charge is 0.343 e. The highest BCUT2D eigenvalue weighted by molar-refractivity contribution is 6.07. The molecule has 2 aromatic carbocycles. The van der Waals surface area contributed by atoms with Gasteiger partial charge in [0, 0.05) is 10.9 Å². The van der Waals surface area contributed by atoms with Gasteiger partial charge in [-0.3, -0.25) is 4.79 Å². The second-order valence-corrected chi connectivity index (χ2v) is 7.61. The lowest BCUT2D eigenvalue weighted by atomic mass is 10.1. The molecule has 7 heteroatoms. The molecule has 0 spiro atoms. The number of aromatic nitrogens is 3. The summed E-state index contributed by atoms with van der Waals surface area (Å²) >= 11 is 0. The first-order valence-electron chi connectivity index (χ1n) is 10.4. The Morgan fingerprint density at radius 1 is 1.00 bits per heavy atom. The maximum atomic E-state index is 13.0. The Morgan fingerprint density at radius 2 is 1.78 bits per heavy atom. The largest absolute Gasteiger partial charge is 0.462 e. The number of amides is 1. The highest BCUT2D eigenvalue weighted by Gasteiger charge is 2.23. The summed E-state index contributed by atoms with van der Waals surface area (Å²) in [6, 6.07) is 15.1. The predicted molar refractivity (Wildman–Crippen MR) is 123 cm³/mol. The van der Waals surface area contributed by atoms with E-state index < -0.39 is 5.97 Å². The van der Waals surface area contributed by atoms with Crippen LogP contribution in [0.25, 0.3) is 16.7 Å². The van der Waals surface area contributed by atoms with E-state index in [0.717, 1.165) is 27.6 Å². The van der Waals surface area contributed by atoms with E-state index in [-0.39, 0.29) is 23.9 Å². The SMILES string of the molecule is CCOC(=O)c1cnn(-c2cc(C)c3ccccc3n2)c1NC(=O)c1ccc(C)c(C)c1. The Labute approximate surface area is 186 Å². The summed E-state index contributed by atoms with van der Waals surface area (Å²) in [5.74, 6) is -0.203. The lowest BCUT2D eigenvalue weighted by molar-refractivity contribution is 0.0527. The predicted octanol–water partition coefficient (Wildman–Crippen LogP) is 4.77. The lowest BCUT2D eigenvalue weighted by Gasteiger charge is -2.13. The van der Waals surface area contributed by atoms with Crippen molar-refractivity contribution in [1.29, 1.82) is 0 Å². The monoisotopic (exact) mass is 428 g/mol. The third-order valence-corrected chi connectivity index (χ3v) is 5.39. The van der Waals surface area contributed by atoms with Crippen LogP contribution in [0.4, 0.5) is 5.82 Å². The maximum absolute atomic E-state index is 13.0. The number of fused-ring (bicyclic) bond motifs is 1. The summed E-state index contributed by atoms with van der Waals surface area (Å²) in [4.78, 5) is 30.3. The van der Waals surface area contributed by atoms with Crippen molar-refractivity contribution in [2.45, 2.75) is 27.7 Å². The fourth-order valence-electron chi connectivity index (χ4n) is 3.50. The van der Waals surface area contributed by atoms with Crippen molar-refractivity contribution in [1.82, 2.24) is 14.8 Å². The molecule has 1 amide bonds. The third kappa shape index (κ3) is 3.97. The first-order chi connectivity index (χ1) is 15.4. The number of carbonyl (C=O) groups is 2. The van der Waals surface area contributed by atoms with Crippen LogP contribution in [-0.2, 0) is 4.74 Å². The molecule has 0 unspecified atom stereocenters. The van der Waals surface area contributed by atoms with E-state index in [4.69, 9.17) is 4.74 Å². The zero-order valence-corrected chi connectivity index (χ0v) is 18.5. The van der Waals surface area contributed by atoms with Crippen LogP contribution in [0, 0.1) is 20.8 Å². The molecule has 162 valence electrons. The minimum Gasteiger partial charge on any atom is -0.462 e. The standard InChI is InChI=1S/C25H24N4O3/c1-5-32-25(31)20-14-26-29(22-13-17(4)19-8-6-7-9-21(19)27-22)23(20)28-24(30)18-11-10-15(2)16(3)12-18/h6-14H,5H2,1-4H3,(H,28,30). The van der Waals surface area contributed by atoms with Crippen molar-refractivity contribution in [3.63, 3.8) is 0 Å². The molecule has 4 aromatic rings. The van der Waals surface area contributed by atoms with Gasteiger partial charge in [0.05, 0.1) is 18.3 Å². The van der Waals surface area contributed by atoms with Gasteiger partial charge in [-0.15, -0.1) is 0 Å². The van der Waals surface area contributed by atoms with Crippen molar-refractivity contribution >= 4 is 28.6 Å². The summed E-state index contributed by atoms with van der Waals surface area (Å²) in [7, 11) is 0. The molecule has 7 nitrogen and oxygen atoms in total. The number of hydrogen-bond acceptors (Lipinski definition) is 5. The molecular formula is C25H24N4O3. The van der Waals surface area contributed by atoms with Gasteiger partial charge >= 0.3 is 5.97 Å². The Hall–Kier alpha value is -4.00. The maximum Gasteiger partial charge on any atom is 0.343 e. The van der Waals surface area contributed by atoms with Gasteiger partial charge in [-0.1, -0.05) is 24.3 Å². The van der Waals surface area contributed by atoms with Gasteiger partial charge in [-0.25, -0.2) is 9.78 Å². The van der Waals surface area contributed by atoms with E-state index >= 15 is 0 Å². The Kier molecular flexibility index (Phi) is 5.73. The second kappa shape index (κ2) is 8.63. The zero-order valence-electron chi connectivity index (χ0n) is 18.5. The van der Waals surface area contributed by atoms with Gasteiger partial charge in [0.25, 0.3) is 5.91 Å². The first-order valence-corrected chi connectivity index (χ1v) is 10.4. The molecule has 0 atom stereocenters. The average molecular weight is 428 g/mol. The topological polar surface area (TPSA) is 86.1 Å². The molecule has 0 saturated heterocycles. The van der Waals surface area contributed by atoms with Crippen molar-refractivity contribution < 1.29 is 14.3 Å². The van der Waals surface area contributed by atoms with Crippen molar-refractivity contribution in [3.8, 4) is 5.82 Å². The van der Waals surface area contributed by atoms with Crippen LogP contribution in [0.2, 0.25) is 0 Å². The molecule has 1 N–H and O–H groups in total. The number of benzene rings is 2. The summed E-state index contributed by atoms with van der Waals surface area (Å²) in [5.41, 5.74) is 4.54. The van der Waals surface area contributed by atoms with Crippen LogP contribution in [-0.4, -0.2) is 33.2 Å². The summed E-state index contributed by atoms with van der Waals surface area (Å²) in [6.07, 6.45) is 1.39. The molecule has 0 radical (unpaired) electrons. The molecule has 0 aliphatic carbocycles. The van der Waals surface area contributed by atoms with Gasteiger partial charge in [-0.05, 0) is 68.7 Å². The number of anilines is 1. The number of nitrogens with zero attached hydrogens (tertiary/aromatic N) is 3. The quantitative estimate of drug-likeness (QED) is 0.463. The number of rotatable bonds is 5. The van der Waals surface area contributed by atoms with Crippen LogP contribution in [0.5, 0.6) is 0 Å². The Balaban J connectivity index is 1.81. The van der Waals surface area contributed by atoms with Gasteiger partial charge in [0.1, 0.15) is 5.56 Å². The molecule has 0 bridgehead atoms. The second-order valence-electron chi connectivity index (χ2n) is 7.61. The van der Waals surface area contributed by atoms with E-state index in [1.165, 1.54) is 10.9 Å². The van der Waals surface area contributed by atoms with Crippen molar-refractivity contribution in [3.05, 3.63) is 82.5 Å². The Bertz CT molecular complexity index is 1340.